The number of anilines is 2. The highest BCUT2D eigenvalue weighted by molar-refractivity contribution is 8.03. The lowest BCUT2D eigenvalue weighted by atomic mass is 9.85. The number of rotatable bonds is 8. The van der Waals surface area contributed by atoms with Gasteiger partial charge in [-0.2, -0.15) is 18.4 Å². The predicted octanol–water partition coefficient (Wildman–Crippen LogP) is 6.32. The quantitative estimate of drug-likeness (QED) is 0.285. The molecule has 1 aliphatic rings. The Morgan fingerprint density at radius 1 is 1.10 bits per heavy atom. The summed E-state index contributed by atoms with van der Waals surface area (Å²) >= 11 is 0.984. The first-order chi connectivity index (χ1) is 19.5. The van der Waals surface area contributed by atoms with Crippen LogP contribution in [0.1, 0.15) is 29.9 Å². The number of allylic oxidation sites excluding steroid dienone is 2. The molecule has 3 aromatic rings. The van der Waals surface area contributed by atoms with E-state index in [4.69, 9.17) is 9.15 Å². The third kappa shape index (κ3) is 6.75. The molecule has 8 nitrogen and oxygen atoms in total. The molecule has 0 bridgehead atoms. The molecular formula is C29H25F3N4O4S. The van der Waals surface area contributed by atoms with E-state index in [9.17, 15) is 28.0 Å². The SMILES string of the molecule is COc1ccccc1NC(=O)C1=C(C)NC(SCC(=O)Nc2cccc(C(F)(F)F)c2)=C(C#N)[C@H]1c1ccc(C)o1. The number of amides is 2. The van der Waals surface area contributed by atoms with Crippen LogP contribution >= 0.6 is 11.8 Å². The van der Waals surface area contributed by atoms with E-state index in [0.717, 1.165) is 23.9 Å². The number of carbonyl (C=O) groups excluding carboxylic acids is 2. The van der Waals surface area contributed by atoms with Crippen LogP contribution < -0.4 is 20.7 Å². The predicted molar refractivity (Wildman–Crippen MR) is 149 cm³/mol. The van der Waals surface area contributed by atoms with Gasteiger partial charge in [0.25, 0.3) is 5.91 Å². The highest BCUT2D eigenvalue weighted by atomic mass is 32.2. The molecule has 212 valence electrons. The number of para-hydroxylation sites is 2. The van der Waals surface area contributed by atoms with Gasteiger partial charge in [-0.05, 0) is 56.3 Å². The Labute approximate surface area is 238 Å². The van der Waals surface area contributed by atoms with E-state index in [1.807, 2.05) is 0 Å². The molecule has 0 fully saturated rings. The number of hydrogen-bond acceptors (Lipinski definition) is 7. The van der Waals surface area contributed by atoms with E-state index >= 15 is 0 Å². The number of halogens is 3. The number of nitriles is 1. The van der Waals surface area contributed by atoms with Gasteiger partial charge in [0.1, 0.15) is 17.3 Å². The number of dihydropyridines is 1. The van der Waals surface area contributed by atoms with Gasteiger partial charge in [-0.3, -0.25) is 9.59 Å². The first-order valence-electron chi connectivity index (χ1n) is 12.2. The van der Waals surface area contributed by atoms with Gasteiger partial charge in [-0.25, -0.2) is 0 Å². The van der Waals surface area contributed by atoms with Crippen molar-refractivity contribution in [3.05, 3.63) is 99.6 Å². The molecule has 0 unspecified atom stereocenters. The van der Waals surface area contributed by atoms with Crippen molar-refractivity contribution in [3.63, 3.8) is 0 Å². The van der Waals surface area contributed by atoms with Crippen LogP contribution in [0.2, 0.25) is 0 Å². The first kappa shape index (κ1) is 29.4. The van der Waals surface area contributed by atoms with Crippen LogP contribution in [-0.2, 0) is 15.8 Å². The molecule has 12 heteroatoms. The summed E-state index contributed by atoms with van der Waals surface area (Å²) in [6.07, 6.45) is -4.55. The van der Waals surface area contributed by atoms with Gasteiger partial charge in [-0.1, -0.05) is 30.0 Å². The largest absolute Gasteiger partial charge is 0.495 e. The lowest BCUT2D eigenvalue weighted by molar-refractivity contribution is -0.137. The minimum absolute atomic E-state index is 0.00757. The zero-order valence-corrected chi connectivity index (χ0v) is 23.0. The maximum atomic E-state index is 13.6. The van der Waals surface area contributed by atoms with Crippen LogP contribution in [-0.4, -0.2) is 24.7 Å². The number of nitrogens with zero attached hydrogens (tertiary/aromatic N) is 1. The van der Waals surface area contributed by atoms with Gasteiger partial charge in [0.2, 0.25) is 5.91 Å². The summed E-state index contributed by atoms with van der Waals surface area (Å²) < 4.78 is 50.3. The minimum Gasteiger partial charge on any atom is -0.495 e. The summed E-state index contributed by atoms with van der Waals surface area (Å²) in [6.45, 7) is 3.40. The number of alkyl halides is 3. The topological polar surface area (TPSA) is 116 Å². The third-order valence-electron chi connectivity index (χ3n) is 6.11. The number of carbonyl (C=O) groups is 2. The number of thioether (sulfide) groups is 1. The standard InChI is InChI=1S/C29H25F3N4O4S/c1-16-11-12-23(40-16)26-20(14-33)28(41-15-24(37)35-19-8-6-7-18(13-19)29(30,31)32)34-17(2)25(26)27(38)36-21-9-4-5-10-22(21)39-3/h4-13,26,34H,15H2,1-3H3,(H,35,37)(H,36,38)/t26-/m0/s1. The van der Waals surface area contributed by atoms with Gasteiger partial charge < -0.3 is 25.1 Å². The van der Waals surface area contributed by atoms with Gasteiger partial charge >= 0.3 is 6.18 Å². The van der Waals surface area contributed by atoms with Crippen molar-refractivity contribution >= 4 is 35.0 Å². The molecule has 1 atom stereocenters. The summed E-state index contributed by atoms with van der Waals surface area (Å²) in [7, 11) is 1.48. The maximum absolute atomic E-state index is 13.6. The number of hydrogen-bond donors (Lipinski definition) is 3. The molecule has 0 radical (unpaired) electrons. The van der Waals surface area contributed by atoms with E-state index in [-0.39, 0.29) is 22.6 Å². The Morgan fingerprint density at radius 3 is 2.51 bits per heavy atom. The van der Waals surface area contributed by atoms with Crippen molar-refractivity contribution in [3.8, 4) is 11.8 Å². The number of methoxy groups -OCH3 is 1. The summed E-state index contributed by atoms with van der Waals surface area (Å²) in [5, 5.41) is 18.8. The monoisotopic (exact) mass is 582 g/mol. The molecule has 2 amide bonds. The summed E-state index contributed by atoms with van der Waals surface area (Å²) in [5.74, 6) is -0.788. The van der Waals surface area contributed by atoms with E-state index in [0.29, 0.717) is 33.7 Å². The van der Waals surface area contributed by atoms with Crippen LogP contribution in [0.15, 0.2) is 87.0 Å². The van der Waals surface area contributed by atoms with Gasteiger partial charge in [0.15, 0.2) is 0 Å². The van der Waals surface area contributed by atoms with Crippen molar-refractivity contribution in [2.24, 2.45) is 0 Å². The van der Waals surface area contributed by atoms with Gasteiger partial charge in [0.05, 0.1) is 52.3 Å². The van der Waals surface area contributed by atoms with Gasteiger partial charge in [0, 0.05) is 11.4 Å². The van der Waals surface area contributed by atoms with E-state index in [1.54, 1.807) is 50.2 Å². The van der Waals surface area contributed by atoms with Crippen molar-refractivity contribution in [1.82, 2.24) is 5.32 Å². The van der Waals surface area contributed by atoms with Crippen LogP contribution in [0.5, 0.6) is 5.75 Å². The maximum Gasteiger partial charge on any atom is 0.416 e. The van der Waals surface area contributed by atoms with Crippen LogP contribution in [0.25, 0.3) is 0 Å². The second-order valence-electron chi connectivity index (χ2n) is 8.97. The number of benzene rings is 2. The lowest BCUT2D eigenvalue weighted by Gasteiger charge is -2.28. The Hall–Kier alpha value is -4.63. The minimum atomic E-state index is -4.55. The Morgan fingerprint density at radius 2 is 1.85 bits per heavy atom. The number of ether oxygens (including phenoxy) is 1. The lowest BCUT2D eigenvalue weighted by Crippen LogP contribution is -2.31. The van der Waals surface area contributed by atoms with Crippen molar-refractivity contribution in [1.29, 1.82) is 5.26 Å². The highest BCUT2D eigenvalue weighted by Crippen LogP contribution is 2.42. The molecule has 2 aromatic carbocycles. The van der Waals surface area contributed by atoms with E-state index in [1.165, 1.54) is 19.2 Å². The smallest absolute Gasteiger partial charge is 0.416 e. The normalized spacial score (nSPS) is 15.2. The zero-order chi connectivity index (χ0) is 29.7. The summed E-state index contributed by atoms with van der Waals surface area (Å²) in [4.78, 5) is 26.2. The van der Waals surface area contributed by atoms with E-state index in [2.05, 4.69) is 22.0 Å². The number of furan rings is 1. The van der Waals surface area contributed by atoms with Gasteiger partial charge in [-0.15, -0.1) is 0 Å². The fourth-order valence-corrected chi connectivity index (χ4v) is 5.16. The summed E-state index contributed by atoms with van der Waals surface area (Å²) in [5.41, 5.74) is 0.348. The average Bonchev–Trinajstić information content (AvgIpc) is 3.37. The molecule has 0 saturated carbocycles. The molecule has 1 aromatic heterocycles. The highest BCUT2D eigenvalue weighted by Gasteiger charge is 2.37. The fraction of sp³-hybridized carbons (Fsp3) is 0.207. The second-order valence-corrected chi connectivity index (χ2v) is 9.96. The van der Waals surface area contributed by atoms with Crippen molar-refractivity contribution in [2.75, 3.05) is 23.5 Å². The van der Waals surface area contributed by atoms with E-state index < -0.39 is 29.5 Å². The Bertz CT molecular complexity index is 1590. The number of aryl methyl sites for hydroxylation is 1. The molecule has 41 heavy (non-hydrogen) atoms. The molecule has 2 heterocycles. The molecule has 0 aliphatic carbocycles. The molecule has 0 spiro atoms. The van der Waals surface area contributed by atoms with Crippen molar-refractivity contribution < 1.29 is 31.9 Å². The third-order valence-corrected chi connectivity index (χ3v) is 7.13. The molecule has 0 saturated heterocycles. The molecule has 3 N–H and O–H groups in total. The number of nitrogens with one attached hydrogen (secondary N) is 3. The first-order valence-corrected chi connectivity index (χ1v) is 13.2. The van der Waals surface area contributed by atoms with Crippen LogP contribution in [0.3, 0.4) is 0 Å². The molecule has 1 aliphatic heterocycles. The molecule has 4 rings (SSSR count). The zero-order valence-electron chi connectivity index (χ0n) is 22.2. The van der Waals surface area contributed by atoms with Crippen molar-refractivity contribution in [2.45, 2.75) is 25.9 Å². The van der Waals surface area contributed by atoms with Crippen LogP contribution in [0.4, 0.5) is 24.5 Å². The second kappa shape index (κ2) is 12.3. The Kier molecular flexibility index (Phi) is 8.78. The summed E-state index contributed by atoms with van der Waals surface area (Å²) in [6, 6.07) is 16.7. The van der Waals surface area contributed by atoms with Crippen LogP contribution in [0, 0.1) is 18.3 Å². The Balaban J connectivity index is 1.59. The average molecular weight is 583 g/mol. The molecular weight excluding hydrogens is 557 g/mol. The fourth-order valence-electron chi connectivity index (χ4n) is 4.27.